The van der Waals surface area contributed by atoms with Crippen LogP contribution >= 0.6 is 0 Å². The van der Waals surface area contributed by atoms with Gasteiger partial charge in [-0.3, -0.25) is 4.90 Å². The molecule has 0 aromatic carbocycles. The molecule has 1 atom stereocenters. The van der Waals surface area contributed by atoms with Crippen LogP contribution in [0.2, 0.25) is 0 Å². The molecule has 5 heteroatoms. The monoisotopic (exact) mass is 225 g/mol. The third-order valence-corrected chi connectivity index (χ3v) is 2.89. The first-order valence-corrected chi connectivity index (χ1v) is 5.26. The second-order valence-corrected chi connectivity index (χ2v) is 4.01. The molecule has 1 saturated heterocycles. The molecule has 0 spiro atoms. The number of likely N-dealkylation sites (N-methyl/N-ethyl adjacent to an activating group) is 1. The molecule has 0 bridgehead atoms. The Bertz CT molecular complexity index is 368. The van der Waals surface area contributed by atoms with E-state index in [0.29, 0.717) is 18.2 Å². The molecular formula is C11H15NO4. The standard InChI is InChI=1S/C11H15NO4/c1-12(9-3-4-15-7-9)6-8-2-5-16-10(8)11(13)14/h2,5,9H,3-4,6-7H2,1H3,(H,13,14). The summed E-state index contributed by atoms with van der Waals surface area (Å²) in [6.07, 6.45) is 2.41. The van der Waals surface area contributed by atoms with Crippen molar-refractivity contribution in [2.75, 3.05) is 20.3 Å². The predicted molar refractivity (Wildman–Crippen MR) is 56.4 cm³/mol. The summed E-state index contributed by atoms with van der Waals surface area (Å²) in [4.78, 5) is 13.0. The number of hydrogen-bond acceptors (Lipinski definition) is 4. The average Bonchev–Trinajstić information content (AvgIpc) is 2.86. The van der Waals surface area contributed by atoms with Gasteiger partial charge in [-0.05, 0) is 19.5 Å². The van der Waals surface area contributed by atoms with Crippen LogP contribution in [0.4, 0.5) is 0 Å². The molecule has 1 N–H and O–H groups in total. The van der Waals surface area contributed by atoms with E-state index < -0.39 is 5.97 Å². The van der Waals surface area contributed by atoms with Crippen molar-refractivity contribution in [3.8, 4) is 0 Å². The minimum absolute atomic E-state index is 0.0331. The average molecular weight is 225 g/mol. The number of carboxylic acids is 1. The van der Waals surface area contributed by atoms with Crippen LogP contribution in [0.3, 0.4) is 0 Å². The number of nitrogens with zero attached hydrogens (tertiary/aromatic N) is 1. The van der Waals surface area contributed by atoms with Crippen molar-refractivity contribution in [2.24, 2.45) is 0 Å². The summed E-state index contributed by atoms with van der Waals surface area (Å²) in [5, 5.41) is 8.90. The highest BCUT2D eigenvalue weighted by Gasteiger charge is 2.22. The van der Waals surface area contributed by atoms with E-state index >= 15 is 0 Å². The smallest absolute Gasteiger partial charge is 0.372 e. The Morgan fingerprint density at radius 2 is 2.50 bits per heavy atom. The molecule has 2 heterocycles. The van der Waals surface area contributed by atoms with Gasteiger partial charge >= 0.3 is 5.97 Å². The Morgan fingerprint density at radius 3 is 3.12 bits per heavy atom. The molecule has 0 radical (unpaired) electrons. The highest BCUT2D eigenvalue weighted by molar-refractivity contribution is 5.86. The zero-order valence-electron chi connectivity index (χ0n) is 9.18. The molecule has 1 fully saturated rings. The Morgan fingerprint density at radius 1 is 1.69 bits per heavy atom. The van der Waals surface area contributed by atoms with Crippen molar-refractivity contribution in [2.45, 2.75) is 19.0 Å². The lowest BCUT2D eigenvalue weighted by atomic mass is 10.2. The van der Waals surface area contributed by atoms with E-state index in [-0.39, 0.29) is 5.76 Å². The zero-order chi connectivity index (χ0) is 11.5. The lowest BCUT2D eigenvalue weighted by molar-refractivity contribution is 0.0658. The normalized spacial score (nSPS) is 20.5. The maximum atomic E-state index is 10.8. The first kappa shape index (κ1) is 11.2. The van der Waals surface area contributed by atoms with Gasteiger partial charge in [0.25, 0.3) is 0 Å². The van der Waals surface area contributed by atoms with Gasteiger partial charge in [0.1, 0.15) is 0 Å². The number of carboxylic acid groups (broad SMARTS) is 1. The molecule has 1 aromatic heterocycles. The summed E-state index contributed by atoms with van der Waals surface area (Å²) in [7, 11) is 1.97. The maximum absolute atomic E-state index is 10.8. The van der Waals surface area contributed by atoms with Crippen LogP contribution in [0.5, 0.6) is 0 Å². The van der Waals surface area contributed by atoms with Gasteiger partial charge in [-0.15, -0.1) is 0 Å². The van der Waals surface area contributed by atoms with Gasteiger partial charge in [-0.25, -0.2) is 4.79 Å². The van der Waals surface area contributed by atoms with Gasteiger partial charge in [0.2, 0.25) is 5.76 Å². The lowest BCUT2D eigenvalue weighted by Crippen LogP contribution is -2.31. The quantitative estimate of drug-likeness (QED) is 0.834. The minimum atomic E-state index is -1.02. The molecule has 0 saturated carbocycles. The molecule has 1 aliphatic heterocycles. The predicted octanol–water partition coefficient (Wildman–Crippen LogP) is 1.20. The van der Waals surface area contributed by atoms with E-state index in [2.05, 4.69) is 4.90 Å². The summed E-state index contributed by atoms with van der Waals surface area (Å²) in [5.41, 5.74) is 0.710. The summed E-state index contributed by atoms with van der Waals surface area (Å²) in [6, 6.07) is 2.08. The van der Waals surface area contributed by atoms with Crippen LogP contribution in [-0.2, 0) is 11.3 Å². The van der Waals surface area contributed by atoms with Gasteiger partial charge in [-0.2, -0.15) is 0 Å². The van der Waals surface area contributed by atoms with Crippen molar-refractivity contribution in [1.29, 1.82) is 0 Å². The first-order valence-electron chi connectivity index (χ1n) is 5.26. The van der Waals surface area contributed by atoms with E-state index in [0.717, 1.165) is 19.6 Å². The van der Waals surface area contributed by atoms with Crippen LogP contribution in [0.25, 0.3) is 0 Å². The molecule has 5 nitrogen and oxygen atoms in total. The Kier molecular flexibility index (Phi) is 3.26. The number of aromatic carboxylic acids is 1. The Balaban J connectivity index is 2.02. The molecule has 1 unspecified atom stereocenters. The van der Waals surface area contributed by atoms with E-state index in [1.807, 2.05) is 7.05 Å². The highest BCUT2D eigenvalue weighted by atomic mass is 16.5. The molecule has 1 aliphatic rings. The van der Waals surface area contributed by atoms with Crippen molar-refractivity contribution in [1.82, 2.24) is 4.90 Å². The SMILES string of the molecule is CN(Cc1ccoc1C(=O)O)C1CCOC1. The summed E-state index contributed by atoms with van der Waals surface area (Å²) in [5.74, 6) is -0.984. The van der Waals surface area contributed by atoms with E-state index in [4.69, 9.17) is 14.3 Å². The highest BCUT2D eigenvalue weighted by Crippen LogP contribution is 2.17. The fourth-order valence-corrected chi connectivity index (χ4v) is 1.92. The van der Waals surface area contributed by atoms with Crippen LogP contribution in [-0.4, -0.2) is 42.3 Å². The number of furan rings is 1. The molecular weight excluding hydrogens is 210 g/mol. The third-order valence-electron chi connectivity index (χ3n) is 2.89. The molecule has 0 amide bonds. The maximum Gasteiger partial charge on any atom is 0.372 e. The van der Waals surface area contributed by atoms with Crippen molar-refractivity contribution in [3.05, 3.63) is 23.7 Å². The van der Waals surface area contributed by atoms with Crippen molar-refractivity contribution >= 4 is 5.97 Å². The Hall–Kier alpha value is -1.33. The molecule has 16 heavy (non-hydrogen) atoms. The number of hydrogen-bond donors (Lipinski definition) is 1. The van der Waals surface area contributed by atoms with E-state index in [1.54, 1.807) is 6.07 Å². The lowest BCUT2D eigenvalue weighted by Gasteiger charge is -2.22. The van der Waals surface area contributed by atoms with Gasteiger partial charge in [0, 0.05) is 24.8 Å². The fraction of sp³-hybridized carbons (Fsp3) is 0.545. The zero-order valence-corrected chi connectivity index (χ0v) is 9.18. The minimum Gasteiger partial charge on any atom is -0.475 e. The molecule has 1 aromatic rings. The fourth-order valence-electron chi connectivity index (χ4n) is 1.92. The van der Waals surface area contributed by atoms with E-state index in [9.17, 15) is 4.79 Å². The van der Waals surface area contributed by atoms with Crippen LogP contribution in [0.15, 0.2) is 16.7 Å². The summed E-state index contributed by atoms with van der Waals surface area (Å²) >= 11 is 0. The largest absolute Gasteiger partial charge is 0.475 e. The van der Waals surface area contributed by atoms with Gasteiger partial charge in [0.05, 0.1) is 12.9 Å². The first-order chi connectivity index (χ1) is 7.68. The van der Waals surface area contributed by atoms with Gasteiger partial charge in [-0.1, -0.05) is 0 Å². The second-order valence-electron chi connectivity index (χ2n) is 4.01. The topological polar surface area (TPSA) is 62.9 Å². The van der Waals surface area contributed by atoms with Crippen LogP contribution in [0.1, 0.15) is 22.5 Å². The number of rotatable bonds is 4. The number of ether oxygens (including phenoxy) is 1. The number of carbonyl (C=O) groups is 1. The van der Waals surface area contributed by atoms with Crippen LogP contribution < -0.4 is 0 Å². The summed E-state index contributed by atoms with van der Waals surface area (Å²) in [6.45, 7) is 2.08. The molecule has 0 aliphatic carbocycles. The Labute approximate surface area is 93.6 Å². The van der Waals surface area contributed by atoms with Crippen LogP contribution in [0, 0.1) is 0 Å². The van der Waals surface area contributed by atoms with E-state index in [1.165, 1.54) is 6.26 Å². The van der Waals surface area contributed by atoms with Crippen molar-refractivity contribution in [3.63, 3.8) is 0 Å². The summed E-state index contributed by atoms with van der Waals surface area (Å²) < 4.78 is 10.2. The van der Waals surface area contributed by atoms with Gasteiger partial charge in [0.15, 0.2) is 0 Å². The molecule has 2 rings (SSSR count). The third kappa shape index (κ3) is 2.25. The molecule has 88 valence electrons. The van der Waals surface area contributed by atoms with Crippen molar-refractivity contribution < 1.29 is 19.1 Å². The second kappa shape index (κ2) is 4.67. The van der Waals surface area contributed by atoms with Gasteiger partial charge < -0.3 is 14.3 Å².